The van der Waals surface area contributed by atoms with Crippen molar-refractivity contribution in [3.05, 3.63) is 65.9 Å². The molecule has 0 aliphatic carbocycles. The first-order valence-electron chi connectivity index (χ1n) is 11.6. The van der Waals surface area contributed by atoms with Gasteiger partial charge >= 0.3 is 0 Å². The Bertz CT molecular complexity index is 1470. The highest BCUT2D eigenvalue weighted by Crippen LogP contribution is 2.32. The number of nitrogens with zero attached hydrogens (tertiary/aromatic N) is 7. The summed E-state index contributed by atoms with van der Waals surface area (Å²) in [6.07, 6.45) is 5.87. The van der Waals surface area contributed by atoms with Gasteiger partial charge in [-0.1, -0.05) is 12.1 Å². The maximum Gasteiger partial charge on any atom is 0.203 e. The Morgan fingerprint density at radius 1 is 1.09 bits per heavy atom. The van der Waals surface area contributed by atoms with Crippen molar-refractivity contribution in [1.82, 2.24) is 34.1 Å². The molecule has 0 unspecified atom stereocenters. The number of anilines is 1. The van der Waals surface area contributed by atoms with E-state index in [9.17, 15) is 0 Å². The minimum Gasteiger partial charge on any atom is -0.381 e. The molecule has 1 aliphatic rings. The van der Waals surface area contributed by atoms with E-state index in [0.717, 1.165) is 60.1 Å². The second-order valence-corrected chi connectivity index (χ2v) is 8.64. The number of benzene rings is 1. The lowest BCUT2D eigenvalue weighted by Gasteiger charge is -2.22. The van der Waals surface area contributed by atoms with Crippen LogP contribution in [-0.4, -0.2) is 54.4 Å². The lowest BCUT2D eigenvalue weighted by atomic mass is 9.91. The van der Waals surface area contributed by atoms with Gasteiger partial charge in [0.25, 0.3) is 0 Å². The Morgan fingerprint density at radius 2 is 1.97 bits per heavy atom. The van der Waals surface area contributed by atoms with Crippen LogP contribution in [0.4, 0.5) is 5.82 Å². The number of hydrogen-bond acceptors (Lipinski definition) is 7. The standard InChI is InChI=1S/C25H26N8O/c1-16-30-31-25-23(26-2)28-21(15-32(16)25)24-29-20-13-18(17-8-11-34-12-9-17)6-7-22(20)33(24)14-19-5-3-4-10-27-19/h3-7,10,13,15,17H,8-9,11-12,14H2,1-2H3,(H,26,28). The largest absolute Gasteiger partial charge is 0.381 e. The Morgan fingerprint density at radius 3 is 2.76 bits per heavy atom. The molecular weight excluding hydrogens is 428 g/mol. The zero-order valence-electron chi connectivity index (χ0n) is 19.3. The number of ether oxygens (including phenoxy) is 1. The minimum absolute atomic E-state index is 0.507. The Balaban J connectivity index is 1.53. The summed E-state index contributed by atoms with van der Waals surface area (Å²) < 4.78 is 9.71. The molecule has 9 nitrogen and oxygen atoms in total. The van der Waals surface area contributed by atoms with Crippen molar-refractivity contribution in [3.63, 3.8) is 0 Å². The van der Waals surface area contributed by atoms with Gasteiger partial charge in [-0.2, -0.15) is 0 Å². The van der Waals surface area contributed by atoms with Gasteiger partial charge in [-0.05, 0) is 55.5 Å². The summed E-state index contributed by atoms with van der Waals surface area (Å²) >= 11 is 0. The average molecular weight is 455 g/mol. The molecule has 1 N–H and O–H groups in total. The molecule has 1 fully saturated rings. The van der Waals surface area contributed by atoms with Crippen molar-refractivity contribution in [2.45, 2.75) is 32.2 Å². The van der Waals surface area contributed by atoms with E-state index in [1.807, 2.05) is 49.0 Å². The Labute approximate surface area is 196 Å². The van der Waals surface area contributed by atoms with E-state index in [-0.39, 0.29) is 0 Å². The minimum atomic E-state index is 0.507. The van der Waals surface area contributed by atoms with Crippen molar-refractivity contribution in [2.75, 3.05) is 25.6 Å². The van der Waals surface area contributed by atoms with Crippen LogP contribution < -0.4 is 5.32 Å². The fourth-order valence-electron chi connectivity index (χ4n) is 4.72. The SMILES string of the molecule is CNc1nc(-c2nc3cc(C4CCOCC4)ccc3n2Cc2ccccn2)cn2c(C)nnc12. The molecule has 1 aromatic carbocycles. The van der Waals surface area contributed by atoms with Crippen molar-refractivity contribution in [1.29, 1.82) is 0 Å². The molecule has 4 aromatic heterocycles. The van der Waals surface area contributed by atoms with Gasteiger partial charge in [0.2, 0.25) is 5.65 Å². The molecule has 0 bridgehead atoms. The first-order valence-corrected chi connectivity index (χ1v) is 11.6. The molecule has 0 amide bonds. The lowest BCUT2D eigenvalue weighted by Crippen LogP contribution is -2.14. The quantitative estimate of drug-likeness (QED) is 0.431. The summed E-state index contributed by atoms with van der Waals surface area (Å²) in [6, 6.07) is 12.6. The van der Waals surface area contributed by atoms with E-state index < -0.39 is 0 Å². The van der Waals surface area contributed by atoms with Crippen LogP contribution in [0.3, 0.4) is 0 Å². The number of fused-ring (bicyclic) bond motifs is 2. The third-order valence-corrected chi connectivity index (χ3v) is 6.54. The van der Waals surface area contributed by atoms with Crippen molar-refractivity contribution < 1.29 is 4.74 Å². The molecular formula is C25H26N8O. The third-order valence-electron chi connectivity index (χ3n) is 6.54. The van der Waals surface area contributed by atoms with Crippen LogP contribution in [0, 0.1) is 6.92 Å². The van der Waals surface area contributed by atoms with Gasteiger partial charge in [0, 0.05) is 32.7 Å². The number of hydrogen-bond donors (Lipinski definition) is 1. The van der Waals surface area contributed by atoms with Crippen LogP contribution in [0.1, 0.15) is 35.8 Å². The van der Waals surface area contributed by atoms with E-state index in [4.69, 9.17) is 14.7 Å². The maximum absolute atomic E-state index is 5.56. The van der Waals surface area contributed by atoms with Gasteiger partial charge in [-0.15, -0.1) is 10.2 Å². The smallest absolute Gasteiger partial charge is 0.203 e. The molecule has 0 atom stereocenters. The molecule has 5 aromatic rings. The van der Waals surface area contributed by atoms with Crippen LogP contribution >= 0.6 is 0 Å². The van der Waals surface area contributed by atoms with E-state index in [0.29, 0.717) is 23.9 Å². The normalized spacial score (nSPS) is 14.8. The Hall–Kier alpha value is -3.85. The topological polar surface area (TPSA) is 95.1 Å². The summed E-state index contributed by atoms with van der Waals surface area (Å²) in [5.74, 6) is 2.76. The average Bonchev–Trinajstić information content (AvgIpc) is 3.44. The Kier molecular flexibility index (Phi) is 5.18. The number of imidazole rings is 1. The summed E-state index contributed by atoms with van der Waals surface area (Å²) in [5.41, 5.74) is 5.75. The molecule has 1 aliphatic heterocycles. The van der Waals surface area contributed by atoms with Gasteiger partial charge in [0.15, 0.2) is 11.6 Å². The van der Waals surface area contributed by atoms with E-state index in [1.165, 1.54) is 5.56 Å². The maximum atomic E-state index is 5.56. The molecule has 6 rings (SSSR count). The monoisotopic (exact) mass is 454 g/mol. The number of rotatable bonds is 5. The van der Waals surface area contributed by atoms with Crippen molar-refractivity contribution in [3.8, 4) is 11.5 Å². The lowest BCUT2D eigenvalue weighted by molar-refractivity contribution is 0.0853. The molecule has 5 heterocycles. The fraction of sp³-hybridized carbons (Fsp3) is 0.320. The molecule has 0 spiro atoms. The van der Waals surface area contributed by atoms with E-state index in [1.54, 1.807) is 0 Å². The first-order chi connectivity index (χ1) is 16.7. The van der Waals surface area contributed by atoms with Crippen LogP contribution in [0.5, 0.6) is 0 Å². The van der Waals surface area contributed by atoms with Gasteiger partial charge in [0.1, 0.15) is 11.5 Å². The second-order valence-electron chi connectivity index (χ2n) is 8.64. The molecule has 172 valence electrons. The van der Waals surface area contributed by atoms with E-state index >= 15 is 0 Å². The van der Waals surface area contributed by atoms with Crippen molar-refractivity contribution in [2.24, 2.45) is 0 Å². The van der Waals surface area contributed by atoms with Crippen molar-refractivity contribution >= 4 is 22.5 Å². The predicted molar refractivity (Wildman–Crippen MR) is 130 cm³/mol. The molecule has 34 heavy (non-hydrogen) atoms. The summed E-state index contributed by atoms with van der Waals surface area (Å²) in [6.45, 7) is 4.16. The predicted octanol–water partition coefficient (Wildman–Crippen LogP) is 3.83. The van der Waals surface area contributed by atoms with Crippen LogP contribution in [0.25, 0.3) is 28.2 Å². The number of aryl methyl sites for hydroxylation is 1. The number of pyridine rings is 1. The molecule has 0 radical (unpaired) electrons. The zero-order valence-corrected chi connectivity index (χ0v) is 19.3. The van der Waals surface area contributed by atoms with E-state index in [2.05, 4.69) is 43.3 Å². The second kappa shape index (κ2) is 8.49. The summed E-state index contributed by atoms with van der Waals surface area (Å²) in [5, 5.41) is 11.6. The highest BCUT2D eigenvalue weighted by molar-refractivity contribution is 5.81. The van der Waals surface area contributed by atoms with Crippen LogP contribution in [0.2, 0.25) is 0 Å². The third kappa shape index (κ3) is 3.58. The van der Waals surface area contributed by atoms with Gasteiger partial charge in [-0.25, -0.2) is 9.97 Å². The van der Waals surface area contributed by atoms with Gasteiger partial charge in [0.05, 0.1) is 23.3 Å². The van der Waals surface area contributed by atoms with Crippen LogP contribution in [-0.2, 0) is 11.3 Å². The van der Waals surface area contributed by atoms with Gasteiger partial charge < -0.3 is 14.6 Å². The van der Waals surface area contributed by atoms with Gasteiger partial charge in [-0.3, -0.25) is 9.38 Å². The molecule has 9 heteroatoms. The number of nitrogens with one attached hydrogen (secondary N) is 1. The highest BCUT2D eigenvalue weighted by Gasteiger charge is 2.21. The summed E-state index contributed by atoms with van der Waals surface area (Å²) in [4.78, 5) is 14.5. The fourth-order valence-corrected chi connectivity index (χ4v) is 4.72. The van der Waals surface area contributed by atoms with Crippen LogP contribution in [0.15, 0.2) is 48.8 Å². The number of aromatic nitrogens is 7. The highest BCUT2D eigenvalue weighted by atomic mass is 16.5. The first kappa shape index (κ1) is 20.7. The molecule has 1 saturated heterocycles. The summed E-state index contributed by atoms with van der Waals surface area (Å²) in [7, 11) is 1.84. The zero-order chi connectivity index (χ0) is 23.1. The molecule has 0 saturated carbocycles.